The van der Waals surface area contributed by atoms with E-state index >= 15 is 0 Å². The van der Waals surface area contributed by atoms with Crippen LogP contribution in [0.25, 0.3) is 0 Å². The van der Waals surface area contributed by atoms with Gasteiger partial charge in [0.15, 0.2) is 0 Å². The molecule has 0 aromatic heterocycles. The van der Waals surface area contributed by atoms with E-state index in [0.29, 0.717) is 36.8 Å². The van der Waals surface area contributed by atoms with Crippen LogP contribution in [0.1, 0.15) is 19.8 Å². The van der Waals surface area contributed by atoms with E-state index in [1.165, 1.54) is 0 Å². The molecule has 0 aliphatic heterocycles. The number of nitrogens with one attached hydrogen (secondary N) is 1. The third-order valence-electron chi connectivity index (χ3n) is 2.32. The van der Waals surface area contributed by atoms with E-state index in [-0.39, 0.29) is 24.4 Å². The standard InChI is InChI=1S/C13H19ClN2O2.ClH/c1-10(15)5-6-13(17)16-7-8-18-12-4-2-3-11(14)9-12;/h2-4,9-10H,5-8,15H2,1H3,(H,16,17);1H. The van der Waals surface area contributed by atoms with Crippen LogP contribution in [0.3, 0.4) is 0 Å². The van der Waals surface area contributed by atoms with Crippen LogP contribution in [0.4, 0.5) is 0 Å². The highest BCUT2D eigenvalue weighted by molar-refractivity contribution is 6.30. The smallest absolute Gasteiger partial charge is 0.220 e. The largest absolute Gasteiger partial charge is 0.492 e. The fraction of sp³-hybridized carbons (Fsp3) is 0.462. The molecule has 108 valence electrons. The number of hydrogen-bond donors (Lipinski definition) is 2. The van der Waals surface area contributed by atoms with Crippen LogP contribution >= 0.6 is 24.0 Å². The predicted octanol–water partition coefficient (Wildman–Crippen LogP) is 2.38. The number of ether oxygens (including phenoxy) is 1. The van der Waals surface area contributed by atoms with E-state index in [1.54, 1.807) is 12.1 Å². The Bertz CT molecular complexity index is 387. The molecule has 1 aromatic carbocycles. The minimum Gasteiger partial charge on any atom is -0.492 e. The number of nitrogens with two attached hydrogens (primary N) is 1. The summed E-state index contributed by atoms with van der Waals surface area (Å²) < 4.78 is 5.44. The summed E-state index contributed by atoms with van der Waals surface area (Å²) in [7, 11) is 0. The topological polar surface area (TPSA) is 64.4 Å². The molecule has 0 saturated heterocycles. The van der Waals surface area contributed by atoms with Gasteiger partial charge in [-0.1, -0.05) is 17.7 Å². The highest BCUT2D eigenvalue weighted by atomic mass is 35.5. The third kappa shape index (κ3) is 8.70. The first-order chi connectivity index (χ1) is 8.58. The average molecular weight is 307 g/mol. The number of benzene rings is 1. The first-order valence-electron chi connectivity index (χ1n) is 5.98. The van der Waals surface area contributed by atoms with Crippen molar-refractivity contribution < 1.29 is 9.53 Å². The van der Waals surface area contributed by atoms with Crippen LogP contribution in [0.5, 0.6) is 5.75 Å². The number of hydrogen-bond acceptors (Lipinski definition) is 3. The molecule has 1 aromatic rings. The van der Waals surface area contributed by atoms with E-state index in [9.17, 15) is 4.79 Å². The molecule has 19 heavy (non-hydrogen) atoms. The van der Waals surface area contributed by atoms with Gasteiger partial charge in [0.25, 0.3) is 0 Å². The predicted molar refractivity (Wildman–Crippen MR) is 80.1 cm³/mol. The van der Waals surface area contributed by atoms with Crippen molar-refractivity contribution in [3.63, 3.8) is 0 Å². The zero-order chi connectivity index (χ0) is 13.4. The third-order valence-corrected chi connectivity index (χ3v) is 2.55. The van der Waals surface area contributed by atoms with Crippen LogP contribution in [0.15, 0.2) is 24.3 Å². The Morgan fingerprint density at radius 3 is 2.89 bits per heavy atom. The van der Waals surface area contributed by atoms with Crippen LogP contribution in [-0.2, 0) is 4.79 Å². The van der Waals surface area contributed by atoms with Crippen molar-refractivity contribution in [3.05, 3.63) is 29.3 Å². The fourth-order valence-electron chi connectivity index (χ4n) is 1.36. The van der Waals surface area contributed by atoms with E-state index in [4.69, 9.17) is 22.1 Å². The lowest BCUT2D eigenvalue weighted by Gasteiger charge is -2.08. The monoisotopic (exact) mass is 306 g/mol. The van der Waals surface area contributed by atoms with Gasteiger partial charge in [0.05, 0.1) is 6.54 Å². The second kappa shape index (κ2) is 9.89. The molecule has 0 heterocycles. The Morgan fingerprint density at radius 2 is 2.26 bits per heavy atom. The minimum atomic E-state index is 0. The summed E-state index contributed by atoms with van der Waals surface area (Å²) in [6.07, 6.45) is 1.15. The molecule has 0 fully saturated rings. The van der Waals surface area contributed by atoms with Crippen molar-refractivity contribution in [2.75, 3.05) is 13.2 Å². The molecule has 3 N–H and O–H groups in total. The summed E-state index contributed by atoms with van der Waals surface area (Å²) in [6, 6.07) is 7.21. The lowest BCUT2D eigenvalue weighted by atomic mass is 10.2. The van der Waals surface area contributed by atoms with Crippen molar-refractivity contribution in [2.24, 2.45) is 5.73 Å². The zero-order valence-corrected chi connectivity index (χ0v) is 12.5. The normalized spacial score (nSPS) is 11.3. The van der Waals surface area contributed by atoms with Gasteiger partial charge < -0.3 is 15.8 Å². The lowest BCUT2D eigenvalue weighted by Crippen LogP contribution is -2.29. The zero-order valence-electron chi connectivity index (χ0n) is 10.9. The van der Waals surface area contributed by atoms with Gasteiger partial charge in [-0.15, -0.1) is 12.4 Å². The number of carbonyl (C=O) groups excluding carboxylic acids is 1. The van der Waals surface area contributed by atoms with E-state index in [0.717, 1.165) is 0 Å². The van der Waals surface area contributed by atoms with Crippen LogP contribution in [0, 0.1) is 0 Å². The fourth-order valence-corrected chi connectivity index (χ4v) is 1.54. The van der Waals surface area contributed by atoms with Gasteiger partial charge in [0, 0.05) is 17.5 Å². The number of carbonyl (C=O) groups is 1. The van der Waals surface area contributed by atoms with Crippen LogP contribution < -0.4 is 15.8 Å². The SMILES string of the molecule is CC(N)CCC(=O)NCCOc1cccc(Cl)c1.Cl. The van der Waals surface area contributed by atoms with Crippen molar-refractivity contribution >= 4 is 29.9 Å². The van der Waals surface area contributed by atoms with Crippen molar-refractivity contribution in [3.8, 4) is 5.75 Å². The minimum absolute atomic E-state index is 0. The number of rotatable bonds is 7. The van der Waals surface area contributed by atoms with E-state index in [2.05, 4.69) is 5.32 Å². The maximum absolute atomic E-state index is 11.4. The summed E-state index contributed by atoms with van der Waals surface area (Å²) in [5.74, 6) is 0.703. The summed E-state index contributed by atoms with van der Waals surface area (Å²) in [4.78, 5) is 11.4. The Balaban J connectivity index is 0.00000324. The molecular weight excluding hydrogens is 287 g/mol. The van der Waals surface area contributed by atoms with Crippen molar-refractivity contribution in [2.45, 2.75) is 25.8 Å². The molecule has 0 saturated carbocycles. The van der Waals surface area contributed by atoms with Crippen molar-refractivity contribution in [1.82, 2.24) is 5.32 Å². The van der Waals surface area contributed by atoms with Gasteiger partial charge in [-0.3, -0.25) is 4.79 Å². The second-order valence-electron chi connectivity index (χ2n) is 4.17. The Morgan fingerprint density at radius 1 is 1.53 bits per heavy atom. The summed E-state index contributed by atoms with van der Waals surface area (Å²) in [5, 5.41) is 3.40. The summed E-state index contributed by atoms with van der Waals surface area (Å²) in [6.45, 7) is 2.78. The van der Waals surface area contributed by atoms with Gasteiger partial charge in [-0.05, 0) is 31.5 Å². The van der Waals surface area contributed by atoms with E-state index < -0.39 is 0 Å². The Labute approximate surface area is 125 Å². The van der Waals surface area contributed by atoms with Gasteiger partial charge in [-0.25, -0.2) is 0 Å². The van der Waals surface area contributed by atoms with Gasteiger partial charge in [0.2, 0.25) is 5.91 Å². The molecule has 1 unspecified atom stereocenters. The Hall–Kier alpha value is -0.970. The first-order valence-corrected chi connectivity index (χ1v) is 6.36. The molecular formula is C13H20Cl2N2O2. The lowest BCUT2D eigenvalue weighted by molar-refractivity contribution is -0.121. The summed E-state index contributed by atoms with van der Waals surface area (Å²) in [5.41, 5.74) is 5.57. The van der Waals surface area contributed by atoms with Gasteiger partial charge >= 0.3 is 0 Å². The highest BCUT2D eigenvalue weighted by Gasteiger charge is 2.02. The average Bonchev–Trinajstić information content (AvgIpc) is 2.32. The van der Waals surface area contributed by atoms with Crippen LogP contribution in [-0.4, -0.2) is 25.1 Å². The van der Waals surface area contributed by atoms with Gasteiger partial charge in [-0.2, -0.15) is 0 Å². The number of halogens is 2. The summed E-state index contributed by atoms with van der Waals surface area (Å²) >= 11 is 5.82. The van der Waals surface area contributed by atoms with Crippen LogP contribution in [0.2, 0.25) is 5.02 Å². The molecule has 1 atom stereocenters. The molecule has 4 nitrogen and oxygen atoms in total. The molecule has 0 aliphatic carbocycles. The molecule has 1 amide bonds. The maximum atomic E-state index is 11.4. The Kier molecular flexibility index (Phi) is 9.39. The molecule has 0 radical (unpaired) electrons. The number of amides is 1. The van der Waals surface area contributed by atoms with Crippen molar-refractivity contribution in [1.29, 1.82) is 0 Å². The van der Waals surface area contributed by atoms with E-state index in [1.807, 2.05) is 19.1 Å². The molecule has 0 bridgehead atoms. The quantitative estimate of drug-likeness (QED) is 0.760. The molecule has 1 rings (SSSR count). The molecule has 6 heteroatoms. The first kappa shape index (κ1) is 18.0. The highest BCUT2D eigenvalue weighted by Crippen LogP contribution is 2.16. The molecule has 0 spiro atoms. The van der Waals surface area contributed by atoms with Gasteiger partial charge in [0.1, 0.15) is 12.4 Å². The second-order valence-corrected chi connectivity index (χ2v) is 4.61. The maximum Gasteiger partial charge on any atom is 0.220 e. The molecule has 0 aliphatic rings.